The molecule has 3 aromatic heterocycles. The molecule has 33 heavy (non-hydrogen) atoms. The Morgan fingerprint density at radius 3 is 2.67 bits per heavy atom. The molecular formula is C24H26N6O2S. The first-order chi connectivity index (χ1) is 15.7. The van der Waals surface area contributed by atoms with Gasteiger partial charge >= 0.3 is 0 Å². The van der Waals surface area contributed by atoms with E-state index in [1.165, 1.54) is 17.6 Å². The smallest absolute Gasteiger partial charge is 0.266 e. The minimum atomic E-state index is -0.334. The third-order valence-corrected chi connectivity index (χ3v) is 6.08. The average molecular weight is 463 g/mol. The number of aryl methyl sites for hydroxylation is 2. The standard InChI is InChI=1S/C24H26N6O2S/c1-15-10-17(19-8-9-26-23(27-19)28-20-13-32-29-16(20)2)6-7-18(15)12-30(24(3,4)5)22(31)21-11-25-14-33-21/h6-11,13-14H,12H2,1-5H3,(H,26,27,28). The lowest BCUT2D eigenvalue weighted by Crippen LogP contribution is -2.44. The largest absolute Gasteiger partial charge is 0.362 e. The summed E-state index contributed by atoms with van der Waals surface area (Å²) in [5.41, 5.74) is 6.75. The van der Waals surface area contributed by atoms with Gasteiger partial charge in [0.05, 0.1) is 17.4 Å². The van der Waals surface area contributed by atoms with Crippen LogP contribution in [0.15, 0.2) is 53.0 Å². The summed E-state index contributed by atoms with van der Waals surface area (Å²) in [6.45, 7) is 10.5. The molecule has 0 aliphatic rings. The Morgan fingerprint density at radius 1 is 1.21 bits per heavy atom. The number of amides is 1. The first kappa shape index (κ1) is 22.6. The lowest BCUT2D eigenvalue weighted by atomic mass is 9.99. The highest BCUT2D eigenvalue weighted by Crippen LogP contribution is 2.27. The molecule has 3 heterocycles. The number of benzene rings is 1. The molecule has 0 spiro atoms. The van der Waals surface area contributed by atoms with Gasteiger partial charge in [0.2, 0.25) is 5.95 Å². The van der Waals surface area contributed by atoms with Crippen LogP contribution in [0.4, 0.5) is 11.6 Å². The maximum Gasteiger partial charge on any atom is 0.266 e. The molecule has 1 N–H and O–H groups in total. The molecule has 4 rings (SSSR count). The molecule has 1 amide bonds. The monoisotopic (exact) mass is 462 g/mol. The molecule has 0 fully saturated rings. The summed E-state index contributed by atoms with van der Waals surface area (Å²) in [7, 11) is 0. The minimum Gasteiger partial charge on any atom is -0.362 e. The van der Waals surface area contributed by atoms with Crippen LogP contribution in [0, 0.1) is 13.8 Å². The molecule has 170 valence electrons. The zero-order chi connectivity index (χ0) is 23.6. The fourth-order valence-corrected chi connectivity index (χ4v) is 3.95. The van der Waals surface area contributed by atoms with Crippen molar-refractivity contribution in [1.82, 2.24) is 25.0 Å². The van der Waals surface area contributed by atoms with E-state index in [9.17, 15) is 4.79 Å². The summed E-state index contributed by atoms with van der Waals surface area (Å²) in [6.07, 6.45) is 4.87. The van der Waals surface area contributed by atoms with Crippen LogP contribution in [0.5, 0.6) is 0 Å². The van der Waals surface area contributed by atoms with Crippen molar-refractivity contribution in [3.63, 3.8) is 0 Å². The summed E-state index contributed by atoms with van der Waals surface area (Å²) in [4.78, 5) is 28.6. The second-order valence-corrected chi connectivity index (χ2v) is 9.66. The molecule has 1 aromatic carbocycles. The van der Waals surface area contributed by atoms with E-state index in [1.807, 2.05) is 44.7 Å². The second-order valence-electron chi connectivity index (χ2n) is 8.77. The van der Waals surface area contributed by atoms with Crippen LogP contribution in [-0.2, 0) is 6.54 Å². The number of nitrogens with zero attached hydrogens (tertiary/aromatic N) is 5. The maximum atomic E-state index is 13.1. The molecule has 0 aliphatic heterocycles. The molecule has 0 aliphatic carbocycles. The van der Waals surface area contributed by atoms with Crippen LogP contribution in [0.2, 0.25) is 0 Å². The van der Waals surface area contributed by atoms with Crippen LogP contribution in [0.25, 0.3) is 11.3 Å². The van der Waals surface area contributed by atoms with Crippen LogP contribution >= 0.6 is 11.3 Å². The molecule has 0 saturated heterocycles. The normalized spacial score (nSPS) is 11.4. The Labute approximate surface area is 196 Å². The molecule has 0 radical (unpaired) electrons. The Hall–Kier alpha value is -3.59. The van der Waals surface area contributed by atoms with E-state index in [4.69, 9.17) is 4.52 Å². The number of rotatable bonds is 6. The quantitative estimate of drug-likeness (QED) is 0.410. The van der Waals surface area contributed by atoms with Gasteiger partial charge in [0, 0.05) is 23.8 Å². The van der Waals surface area contributed by atoms with Gasteiger partial charge in [-0.2, -0.15) is 0 Å². The van der Waals surface area contributed by atoms with E-state index in [0.717, 1.165) is 33.8 Å². The summed E-state index contributed by atoms with van der Waals surface area (Å²) in [5.74, 6) is 0.457. The third kappa shape index (κ3) is 5.09. The van der Waals surface area contributed by atoms with Crippen molar-refractivity contribution in [3.05, 3.63) is 70.1 Å². The van der Waals surface area contributed by atoms with Crippen molar-refractivity contribution >= 4 is 28.9 Å². The third-order valence-electron chi connectivity index (χ3n) is 5.32. The molecule has 4 aromatic rings. The Morgan fingerprint density at radius 2 is 2.03 bits per heavy atom. The summed E-state index contributed by atoms with van der Waals surface area (Å²) in [5, 5.41) is 6.99. The molecule has 8 nitrogen and oxygen atoms in total. The fourth-order valence-electron chi connectivity index (χ4n) is 3.38. The zero-order valence-electron chi connectivity index (χ0n) is 19.3. The number of thiazole rings is 1. The van der Waals surface area contributed by atoms with Crippen molar-refractivity contribution in [2.24, 2.45) is 0 Å². The van der Waals surface area contributed by atoms with E-state index in [0.29, 0.717) is 17.4 Å². The lowest BCUT2D eigenvalue weighted by Gasteiger charge is -2.36. The van der Waals surface area contributed by atoms with E-state index in [1.54, 1.807) is 17.9 Å². The van der Waals surface area contributed by atoms with Gasteiger partial charge in [-0.25, -0.2) is 9.97 Å². The second kappa shape index (κ2) is 9.11. The number of anilines is 2. The zero-order valence-corrected chi connectivity index (χ0v) is 20.1. The van der Waals surface area contributed by atoms with Gasteiger partial charge in [0.1, 0.15) is 22.5 Å². The van der Waals surface area contributed by atoms with Gasteiger partial charge < -0.3 is 14.7 Å². The fraction of sp³-hybridized carbons (Fsp3) is 0.292. The number of aromatic nitrogens is 4. The first-order valence-electron chi connectivity index (χ1n) is 10.5. The average Bonchev–Trinajstić information content (AvgIpc) is 3.44. The van der Waals surface area contributed by atoms with E-state index < -0.39 is 0 Å². The minimum absolute atomic E-state index is 0.0102. The highest BCUT2D eigenvalue weighted by atomic mass is 32.1. The summed E-state index contributed by atoms with van der Waals surface area (Å²) < 4.78 is 4.96. The van der Waals surface area contributed by atoms with Crippen LogP contribution in [0.3, 0.4) is 0 Å². The first-order valence-corrected chi connectivity index (χ1v) is 11.4. The molecule has 9 heteroatoms. The van der Waals surface area contributed by atoms with Gasteiger partial charge in [-0.3, -0.25) is 9.78 Å². The molecule has 0 saturated carbocycles. The van der Waals surface area contributed by atoms with Gasteiger partial charge in [0.15, 0.2) is 0 Å². The van der Waals surface area contributed by atoms with E-state index >= 15 is 0 Å². The number of carbonyl (C=O) groups is 1. The number of hydrogen-bond acceptors (Lipinski definition) is 8. The van der Waals surface area contributed by atoms with Crippen molar-refractivity contribution in [1.29, 1.82) is 0 Å². The number of hydrogen-bond donors (Lipinski definition) is 1. The highest BCUT2D eigenvalue weighted by Gasteiger charge is 2.28. The van der Waals surface area contributed by atoms with Gasteiger partial charge in [-0.1, -0.05) is 17.3 Å². The van der Waals surface area contributed by atoms with Crippen LogP contribution < -0.4 is 5.32 Å². The molecule has 0 bridgehead atoms. The number of carbonyl (C=O) groups excluding carboxylic acids is 1. The number of nitrogens with one attached hydrogen (secondary N) is 1. The molecule has 0 unspecified atom stereocenters. The molecule has 0 atom stereocenters. The van der Waals surface area contributed by atoms with Crippen LogP contribution in [0.1, 0.15) is 47.3 Å². The van der Waals surface area contributed by atoms with Crippen molar-refractivity contribution in [2.45, 2.75) is 46.7 Å². The SMILES string of the molecule is Cc1cc(-c2ccnc(Nc3conc3C)n2)ccc1CN(C(=O)c1cncs1)C(C)(C)C. The van der Waals surface area contributed by atoms with Crippen molar-refractivity contribution < 1.29 is 9.32 Å². The van der Waals surface area contributed by atoms with Crippen molar-refractivity contribution in [3.8, 4) is 11.3 Å². The van der Waals surface area contributed by atoms with Crippen molar-refractivity contribution in [2.75, 3.05) is 5.32 Å². The van der Waals surface area contributed by atoms with E-state index in [2.05, 4.69) is 44.5 Å². The summed E-state index contributed by atoms with van der Waals surface area (Å²) in [6, 6.07) is 8.04. The van der Waals surface area contributed by atoms with Gasteiger partial charge in [0.25, 0.3) is 5.91 Å². The predicted octanol–water partition coefficient (Wildman–Crippen LogP) is 5.39. The Bertz CT molecular complexity index is 1260. The predicted molar refractivity (Wildman–Crippen MR) is 128 cm³/mol. The van der Waals surface area contributed by atoms with Crippen LogP contribution in [-0.4, -0.2) is 36.5 Å². The molecular weight excluding hydrogens is 436 g/mol. The Kier molecular flexibility index (Phi) is 6.24. The van der Waals surface area contributed by atoms with Gasteiger partial charge in [-0.05, 0) is 57.9 Å². The maximum absolute atomic E-state index is 13.1. The van der Waals surface area contributed by atoms with E-state index in [-0.39, 0.29) is 11.4 Å². The summed E-state index contributed by atoms with van der Waals surface area (Å²) >= 11 is 1.36. The lowest BCUT2D eigenvalue weighted by molar-refractivity contribution is 0.0563. The van der Waals surface area contributed by atoms with Gasteiger partial charge in [-0.15, -0.1) is 11.3 Å². The Balaban J connectivity index is 1.57. The topological polar surface area (TPSA) is 97.0 Å². The highest BCUT2D eigenvalue weighted by molar-refractivity contribution is 7.11.